The number of rotatable bonds is 3. The minimum atomic E-state index is -4.61. The molecule has 0 atom stereocenters. The summed E-state index contributed by atoms with van der Waals surface area (Å²) in [7, 11) is 1.63. The van der Waals surface area contributed by atoms with Gasteiger partial charge in [0.1, 0.15) is 11.6 Å². The summed E-state index contributed by atoms with van der Waals surface area (Å²) < 4.78 is 45.6. The molecule has 0 saturated carbocycles. The van der Waals surface area contributed by atoms with Crippen LogP contribution in [0.4, 0.5) is 24.7 Å². The van der Waals surface area contributed by atoms with E-state index in [0.717, 1.165) is 11.4 Å². The maximum Gasteiger partial charge on any atom is 0.453 e. The zero-order valence-corrected chi connectivity index (χ0v) is 15.4. The van der Waals surface area contributed by atoms with Crippen molar-refractivity contribution in [1.82, 2.24) is 19.6 Å². The van der Waals surface area contributed by atoms with Gasteiger partial charge >= 0.3 is 6.18 Å². The fourth-order valence-corrected chi connectivity index (χ4v) is 3.38. The molecule has 1 aliphatic rings. The lowest BCUT2D eigenvalue weighted by atomic mass is 10.2. The summed E-state index contributed by atoms with van der Waals surface area (Å²) in [4.78, 5) is 11.8. The molecule has 148 valence electrons. The highest BCUT2D eigenvalue weighted by molar-refractivity contribution is 5.60. The lowest BCUT2D eigenvalue weighted by molar-refractivity contribution is -0.144. The molecule has 0 amide bonds. The van der Waals surface area contributed by atoms with E-state index in [0.29, 0.717) is 37.7 Å². The first-order valence-electron chi connectivity index (χ1n) is 8.81. The van der Waals surface area contributed by atoms with Crippen LogP contribution in [0.25, 0.3) is 5.78 Å². The zero-order chi connectivity index (χ0) is 19.9. The third kappa shape index (κ3) is 3.30. The molecule has 0 spiro atoms. The number of hydrogen-bond donors (Lipinski definition) is 0. The molecule has 0 aliphatic carbocycles. The van der Waals surface area contributed by atoms with Crippen molar-refractivity contribution in [3.8, 4) is 5.75 Å². The Kier molecular flexibility index (Phi) is 4.48. The summed E-state index contributed by atoms with van der Waals surface area (Å²) in [6.07, 6.45) is -4.61. The van der Waals surface area contributed by atoms with E-state index in [1.54, 1.807) is 20.1 Å². The topological polar surface area (TPSA) is 58.8 Å². The number of alkyl halides is 3. The fourth-order valence-electron chi connectivity index (χ4n) is 3.38. The monoisotopic (exact) mass is 392 g/mol. The van der Waals surface area contributed by atoms with Gasteiger partial charge in [0.05, 0.1) is 12.8 Å². The van der Waals surface area contributed by atoms with E-state index in [4.69, 9.17) is 4.74 Å². The van der Waals surface area contributed by atoms with Crippen LogP contribution in [0.2, 0.25) is 0 Å². The molecule has 0 unspecified atom stereocenters. The number of hydrogen-bond acceptors (Lipinski definition) is 6. The Morgan fingerprint density at radius 2 is 1.68 bits per heavy atom. The smallest absolute Gasteiger partial charge is 0.453 e. The highest BCUT2D eigenvalue weighted by Gasteiger charge is 2.37. The van der Waals surface area contributed by atoms with Gasteiger partial charge in [0, 0.05) is 37.9 Å². The van der Waals surface area contributed by atoms with Crippen molar-refractivity contribution in [2.75, 3.05) is 43.1 Å². The van der Waals surface area contributed by atoms with Crippen LogP contribution in [0.5, 0.6) is 5.75 Å². The Balaban J connectivity index is 1.61. The quantitative estimate of drug-likeness (QED) is 0.683. The number of anilines is 2. The molecular formula is C18H19F3N6O. The lowest BCUT2D eigenvalue weighted by Crippen LogP contribution is -2.47. The Bertz CT molecular complexity index is 995. The van der Waals surface area contributed by atoms with E-state index < -0.39 is 12.0 Å². The van der Waals surface area contributed by atoms with Gasteiger partial charge in [-0.3, -0.25) is 0 Å². The maximum atomic E-state index is 13.0. The number of aromatic nitrogens is 4. The zero-order valence-electron chi connectivity index (χ0n) is 15.4. The predicted molar refractivity (Wildman–Crippen MR) is 97.9 cm³/mol. The highest BCUT2D eigenvalue weighted by Crippen LogP contribution is 2.30. The van der Waals surface area contributed by atoms with Gasteiger partial charge < -0.3 is 14.5 Å². The Labute approximate surface area is 159 Å². The molecule has 0 radical (unpaired) electrons. The summed E-state index contributed by atoms with van der Waals surface area (Å²) in [5, 5.41) is 3.65. The van der Waals surface area contributed by atoms with Crippen LogP contribution < -0.4 is 14.5 Å². The van der Waals surface area contributed by atoms with Crippen molar-refractivity contribution in [3.05, 3.63) is 41.9 Å². The molecule has 1 fully saturated rings. The van der Waals surface area contributed by atoms with Crippen LogP contribution in [-0.2, 0) is 6.18 Å². The Hall–Kier alpha value is -3.04. The van der Waals surface area contributed by atoms with Crippen molar-refractivity contribution in [1.29, 1.82) is 0 Å². The maximum absolute atomic E-state index is 13.0. The number of ether oxygens (including phenoxy) is 1. The van der Waals surface area contributed by atoms with Gasteiger partial charge in [0.2, 0.25) is 0 Å². The number of fused-ring (bicyclic) bond motifs is 1. The number of para-hydroxylation sites is 2. The van der Waals surface area contributed by atoms with Gasteiger partial charge in [0.15, 0.2) is 0 Å². The second-order valence-corrected chi connectivity index (χ2v) is 6.55. The molecule has 1 aromatic carbocycles. The molecule has 1 aliphatic heterocycles. The van der Waals surface area contributed by atoms with Crippen LogP contribution in [0.3, 0.4) is 0 Å². The number of nitrogens with zero attached hydrogens (tertiary/aromatic N) is 6. The van der Waals surface area contributed by atoms with Gasteiger partial charge in [-0.25, -0.2) is 4.98 Å². The molecule has 4 rings (SSSR count). The second kappa shape index (κ2) is 6.84. The van der Waals surface area contributed by atoms with E-state index in [1.807, 2.05) is 29.2 Å². The summed E-state index contributed by atoms with van der Waals surface area (Å²) in [5.74, 6) is 0.128. The van der Waals surface area contributed by atoms with Crippen LogP contribution >= 0.6 is 0 Å². The Morgan fingerprint density at radius 1 is 1.00 bits per heavy atom. The fraction of sp³-hybridized carbons (Fsp3) is 0.389. The van der Waals surface area contributed by atoms with E-state index in [-0.39, 0.29) is 5.78 Å². The van der Waals surface area contributed by atoms with Crippen LogP contribution in [0.1, 0.15) is 11.5 Å². The van der Waals surface area contributed by atoms with Crippen molar-refractivity contribution in [2.24, 2.45) is 0 Å². The molecule has 7 nitrogen and oxygen atoms in total. The Morgan fingerprint density at radius 3 is 2.36 bits per heavy atom. The first-order valence-corrected chi connectivity index (χ1v) is 8.81. The number of halogens is 3. The van der Waals surface area contributed by atoms with E-state index in [2.05, 4.69) is 20.0 Å². The van der Waals surface area contributed by atoms with E-state index >= 15 is 0 Å². The first-order chi connectivity index (χ1) is 13.4. The third-order valence-electron chi connectivity index (χ3n) is 4.70. The minimum absolute atomic E-state index is 0.0468. The van der Waals surface area contributed by atoms with Crippen molar-refractivity contribution in [3.63, 3.8) is 0 Å². The van der Waals surface area contributed by atoms with Crippen molar-refractivity contribution >= 4 is 17.3 Å². The molecule has 10 heteroatoms. The number of benzene rings is 1. The normalized spacial score (nSPS) is 15.3. The van der Waals surface area contributed by atoms with Gasteiger partial charge in [-0.1, -0.05) is 12.1 Å². The SMILES string of the molecule is COc1ccccc1N1CCN(c2cc(C)nc3nc(C(F)(F)F)nn23)CC1. The van der Waals surface area contributed by atoms with E-state index in [1.165, 1.54) is 4.52 Å². The largest absolute Gasteiger partial charge is 0.495 e. The van der Waals surface area contributed by atoms with Crippen molar-refractivity contribution < 1.29 is 17.9 Å². The predicted octanol–water partition coefficient (Wildman–Crippen LogP) is 2.79. The van der Waals surface area contributed by atoms with Crippen LogP contribution in [-0.4, -0.2) is 52.9 Å². The molecule has 0 N–H and O–H groups in total. The molecule has 0 bridgehead atoms. The van der Waals surface area contributed by atoms with Gasteiger partial charge in [-0.15, -0.1) is 5.10 Å². The van der Waals surface area contributed by atoms with Crippen LogP contribution in [0, 0.1) is 6.92 Å². The number of methoxy groups -OCH3 is 1. The first kappa shape index (κ1) is 18.3. The highest BCUT2D eigenvalue weighted by atomic mass is 19.4. The summed E-state index contributed by atoms with van der Waals surface area (Å²) in [6.45, 7) is 4.38. The van der Waals surface area contributed by atoms with Gasteiger partial charge in [-0.05, 0) is 19.1 Å². The third-order valence-corrected chi connectivity index (χ3v) is 4.70. The molecular weight excluding hydrogens is 373 g/mol. The molecule has 28 heavy (non-hydrogen) atoms. The second-order valence-electron chi connectivity index (χ2n) is 6.55. The molecule has 1 saturated heterocycles. The lowest BCUT2D eigenvalue weighted by Gasteiger charge is -2.37. The average molecular weight is 392 g/mol. The molecule has 3 heterocycles. The standard InChI is InChI=1S/C18H19F3N6O/c1-12-11-15(27-17(22-12)23-16(24-27)18(19,20)21)26-9-7-25(8-10-26)13-5-3-4-6-14(13)28-2/h3-6,11H,7-10H2,1-2H3. The molecule has 2 aromatic heterocycles. The van der Waals surface area contributed by atoms with Gasteiger partial charge in [-0.2, -0.15) is 22.7 Å². The summed E-state index contributed by atoms with van der Waals surface area (Å²) >= 11 is 0. The number of piperazine rings is 1. The van der Waals surface area contributed by atoms with Crippen LogP contribution in [0.15, 0.2) is 30.3 Å². The summed E-state index contributed by atoms with van der Waals surface area (Å²) in [5.41, 5.74) is 1.59. The minimum Gasteiger partial charge on any atom is -0.495 e. The molecule has 3 aromatic rings. The number of aryl methyl sites for hydroxylation is 1. The summed E-state index contributed by atoms with van der Waals surface area (Å²) in [6, 6.07) is 9.51. The van der Waals surface area contributed by atoms with Crippen molar-refractivity contribution in [2.45, 2.75) is 13.1 Å². The van der Waals surface area contributed by atoms with E-state index in [9.17, 15) is 13.2 Å². The van der Waals surface area contributed by atoms with Gasteiger partial charge in [0.25, 0.3) is 11.6 Å². The average Bonchev–Trinajstić information content (AvgIpc) is 3.12.